The molecule has 0 amide bonds. The van der Waals surface area contributed by atoms with E-state index in [-0.39, 0.29) is 0 Å². The first-order valence-corrected chi connectivity index (χ1v) is 7.19. The van der Waals surface area contributed by atoms with E-state index in [9.17, 15) is 0 Å². The van der Waals surface area contributed by atoms with E-state index in [4.69, 9.17) is 14.2 Å². The van der Waals surface area contributed by atoms with Gasteiger partial charge in [0.25, 0.3) is 0 Å². The van der Waals surface area contributed by atoms with Crippen molar-refractivity contribution in [1.29, 1.82) is 0 Å². The molecule has 1 aromatic rings. The van der Waals surface area contributed by atoms with Gasteiger partial charge >= 0.3 is 0 Å². The van der Waals surface area contributed by atoms with Crippen molar-refractivity contribution in [2.75, 3.05) is 27.9 Å². The summed E-state index contributed by atoms with van der Waals surface area (Å²) >= 11 is 0. The molecule has 4 heteroatoms. The van der Waals surface area contributed by atoms with Crippen LogP contribution in [0.25, 0.3) is 0 Å². The van der Waals surface area contributed by atoms with Gasteiger partial charge in [-0.1, -0.05) is 26.7 Å². The number of hydrogen-bond donors (Lipinski definition) is 1. The van der Waals surface area contributed by atoms with Crippen molar-refractivity contribution in [3.8, 4) is 17.2 Å². The Balaban J connectivity index is 2.75. The molecule has 0 aliphatic carbocycles. The largest absolute Gasteiger partial charge is 0.493 e. The lowest BCUT2D eigenvalue weighted by Gasteiger charge is -2.16. The lowest BCUT2D eigenvalue weighted by atomic mass is 10.0. The predicted molar refractivity (Wildman–Crippen MR) is 81.9 cm³/mol. The molecule has 1 rings (SSSR count). The molecule has 0 aromatic heterocycles. The maximum Gasteiger partial charge on any atom is 0.203 e. The Kier molecular flexibility index (Phi) is 7.23. The van der Waals surface area contributed by atoms with Crippen LogP contribution in [0.4, 0.5) is 0 Å². The van der Waals surface area contributed by atoms with E-state index in [0.717, 1.165) is 24.6 Å². The van der Waals surface area contributed by atoms with Crippen LogP contribution >= 0.6 is 0 Å². The van der Waals surface area contributed by atoms with Gasteiger partial charge < -0.3 is 19.5 Å². The van der Waals surface area contributed by atoms with Crippen LogP contribution in [0.3, 0.4) is 0 Å². The van der Waals surface area contributed by atoms with Crippen LogP contribution < -0.4 is 19.5 Å². The molecular formula is C16H27NO3. The van der Waals surface area contributed by atoms with Crippen LogP contribution in [0.1, 0.15) is 32.3 Å². The first-order valence-electron chi connectivity index (χ1n) is 7.19. The third kappa shape index (κ3) is 4.30. The molecule has 0 fully saturated rings. The van der Waals surface area contributed by atoms with Gasteiger partial charge in [-0.15, -0.1) is 0 Å². The zero-order valence-electron chi connectivity index (χ0n) is 13.3. The standard InChI is InChI=1S/C16H27NO3/c1-6-12(7-2)10-17-11-13-8-14(18-3)16(20-5)15(9-13)19-4/h8-9,12,17H,6-7,10-11H2,1-5H3. The number of rotatable bonds is 9. The van der Waals surface area contributed by atoms with E-state index in [0.29, 0.717) is 17.2 Å². The quantitative estimate of drug-likeness (QED) is 0.754. The molecule has 0 saturated carbocycles. The monoisotopic (exact) mass is 281 g/mol. The first kappa shape index (κ1) is 16.6. The minimum atomic E-state index is 0.638. The fraction of sp³-hybridized carbons (Fsp3) is 0.625. The van der Waals surface area contributed by atoms with Crippen molar-refractivity contribution in [1.82, 2.24) is 5.32 Å². The third-order valence-electron chi connectivity index (χ3n) is 3.64. The fourth-order valence-electron chi connectivity index (χ4n) is 2.24. The molecular weight excluding hydrogens is 254 g/mol. The number of nitrogens with one attached hydrogen (secondary N) is 1. The Hall–Kier alpha value is -1.42. The van der Waals surface area contributed by atoms with E-state index >= 15 is 0 Å². The lowest BCUT2D eigenvalue weighted by molar-refractivity contribution is 0.323. The highest BCUT2D eigenvalue weighted by atomic mass is 16.5. The molecule has 0 aliphatic heterocycles. The van der Waals surface area contributed by atoms with Gasteiger partial charge in [0.05, 0.1) is 21.3 Å². The Morgan fingerprint density at radius 3 is 1.90 bits per heavy atom. The van der Waals surface area contributed by atoms with Gasteiger partial charge in [-0.2, -0.15) is 0 Å². The zero-order valence-corrected chi connectivity index (χ0v) is 13.3. The minimum Gasteiger partial charge on any atom is -0.493 e. The number of benzene rings is 1. The Bertz CT molecular complexity index is 378. The van der Waals surface area contributed by atoms with Gasteiger partial charge in [-0.25, -0.2) is 0 Å². The summed E-state index contributed by atoms with van der Waals surface area (Å²) in [5, 5.41) is 3.49. The van der Waals surface area contributed by atoms with Gasteiger partial charge in [0.15, 0.2) is 11.5 Å². The van der Waals surface area contributed by atoms with Crippen LogP contribution in [0.2, 0.25) is 0 Å². The van der Waals surface area contributed by atoms with Gasteiger partial charge in [0.2, 0.25) is 5.75 Å². The molecule has 0 heterocycles. The van der Waals surface area contributed by atoms with Crippen LogP contribution in [0.15, 0.2) is 12.1 Å². The van der Waals surface area contributed by atoms with Gasteiger partial charge in [0, 0.05) is 6.54 Å². The van der Waals surface area contributed by atoms with Gasteiger partial charge in [-0.05, 0) is 30.2 Å². The van der Waals surface area contributed by atoms with Crippen LogP contribution in [0, 0.1) is 5.92 Å². The molecule has 0 bridgehead atoms. The smallest absolute Gasteiger partial charge is 0.203 e. The Morgan fingerprint density at radius 2 is 1.50 bits per heavy atom. The SMILES string of the molecule is CCC(CC)CNCc1cc(OC)c(OC)c(OC)c1. The minimum absolute atomic E-state index is 0.638. The molecule has 0 aliphatic rings. The summed E-state index contributed by atoms with van der Waals surface area (Å²) in [4.78, 5) is 0. The second kappa shape index (κ2) is 8.69. The van der Waals surface area contributed by atoms with Gasteiger partial charge in [0.1, 0.15) is 0 Å². The summed E-state index contributed by atoms with van der Waals surface area (Å²) in [6, 6.07) is 3.97. The summed E-state index contributed by atoms with van der Waals surface area (Å²) in [5.41, 5.74) is 1.13. The topological polar surface area (TPSA) is 39.7 Å². The first-order chi connectivity index (χ1) is 9.69. The third-order valence-corrected chi connectivity index (χ3v) is 3.64. The van der Waals surface area contributed by atoms with Crippen molar-refractivity contribution < 1.29 is 14.2 Å². The summed E-state index contributed by atoms with van der Waals surface area (Å²) < 4.78 is 16.0. The molecule has 0 unspecified atom stereocenters. The zero-order chi connectivity index (χ0) is 15.0. The molecule has 0 atom stereocenters. The fourth-order valence-corrected chi connectivity index (χ4v) is 2.24. The Labute approximate surface area is 122 Å². The molecule has 4 nitrogen and oxygen atoms in total. The van der Waals surface area contributed by atoms with Crippen LogP contribution in [-0.4, -0.2) is 27.9 Å². The number of ether oxygens (including phenoxy) is 3. The number of methoxy groups -OCH3 is 3. The highest BCUT2D eigenvalue weighted by molar-refractivity contribution is 5.53. The predicted octanol–water partition coefficient (Wildman–Crippen LogP) is 3.24. The molecule has 114 valence electrons. The second-order valence-corrected chi connectivity index (χ2v) is 4.85. The summed E-state index contributed by atoms with van der Waals surface area (Å²) in [7, 11) is 4.89. The van der Waals surface area contributed by atoms with Crippen molar-refractivity contribution >= 4 is 0 Å². The highest BCUT2D eigenvalue weighted by Gasteiger charge is 2.13. The van der Waals surface area contributed by atoms with Gasteiger partial charge in [-0.3, -0.25) is 0 Å². The second-order valence-electron chi connectivity index (χ2n) is 4.85. The molecule has 0 spiro atoms. The summed E-state index contributed by atoms with van der Waals surface area (Å²) in [6.07, 6.45) is 2.41. The van der Waals surface area contributed by atoms with E-state index in [2.05, 4.69) is 19.2 Å². The van der Waals surface area contributed by atoms with Crippen LogP contribution in [0.5, 0.6) is 17.2 Å². The average Bonchev–Trinajstić information content (AvgIpc) is 2.50. The molecule has 1 aromatic carbocycles. The maximum atomic E-state index is 5.36. The van der Waals surface area contributed by atoms with Crippen LogP contribution in [-0.2, 0) is 6.54 Å². The van der Waals surface area contributed by atoms with Crippen molar-refractivity contribution in [2.24, 2.45) is 5.92 Å². The van der Waals surface area contributed by atoms with Crippen molar-refractivity contribution in [3.63, 3.8) is 0 Å². The number of hydrogen-bond acceptors (Lipinski definition) is 4. The lowest BCUT2D eigenvalue weighted by Crippen LogP contribution is -2.21. The molecule has 1 N–H and O–H groups in total. The maximum absolute atomic E-state index is 5.36. The molecule has 20 heavy (non-hydrogen) atoms. The van der Waals surface area contributed by atoms with E-state index in [1.54, 1.807) is 21.3 Å². The normalized spacial score (nSPS) is 10.7. The van der Waals surface area contributed by atoms with Crippen molar-refractivity contribution in [2.45, 2.75) is 33.2 Å². The Morgan fingerprint density at radius 1 is 0.950 bits per heavy atom. The summed E-state index contributed by atoms with van der Waals surface area (Å²) in [6.45, 7) is 6.29. The highest BCUT2D eigenvalue weighted by Crippen LogP contribution is 2.38. The van der Waals surface area contributed by atoms with Crippen molar-refractivity contribution in [3.05, 3.63) is 17.7 Å². The van der Waals surface area contributed by atoms with E-state index in [1.165, 1.54) is 12.8 Å². The van der Waals surface area contributed by atoms with E-state index in [1.807, 2.05) is 12.1 Å². The molecule has 0 radical (unpaired) electrons. The summed E-state index contributed by atoms with van der Waals surface area (Å²) in [5.74, 6) is 2.77. The molecule has 0 saturated heterocycles. The average molecular weight is 281 g/mol. The van der Waals surface area contributed by atoms with E-state index < -0.39 is 0 Å².